The molecule has 3 aromatic rings. The molecule has 1 amide bonds. The first kappa shape index (κ1) is 23.2. The van der Waals surface area contributed by atoms with E-state index >= 15 is 0 Å². The number of rotatable bonds is 4. The predicted octanol–water partition coefficient (Wildman–Crippen LogP) is 5.42. The molecule has 170 valence electrons. The Morgan fingerprint density at radius 3 is 2.25 bits per heavy atom. The third-order valence-electron chi connectivity index (χ3n) is 4.76. The number of aryl methyl sites for hydroxylation is 2. The van der Waals surface area contributed by atoms with Gasteiger partial charge in [-0.3, -0.25) is 9.48 Å². The third kappa shape index (κ3) is 5.04. The topological polar surface area (TPSA) is 72.9 Å². The average molecular weight is 456 g/mol. The molecule has 0 bridgehead atoms. The predicted molar refractivity (Wildman–Crippen MR) is 106 cm³/mol. The summed E-state index contributed by atoms with van der Waals surface area (Å²) in [6, 6.07) is 6.70. The zero-order valence-corrected chi connectivity index (χ0v) is 16.9. The quantitative estimate of drug-likeness (QED) is 0.407. The Kier molecular flexibility index (Phi) is 5.94. The Hall–Kier alpha value is -3.50. The van der Waals surface area contributed by atoms with Crippen molar-refractivity contribution in [3.05, 3.63) is 76.1 Å². The molecule has 0 fully saturated rings. The van der Waals surface area contributed by atoms with E-state index in [0.717, 1.165) is 17.2 Å². The number of hydrogen-bond acceptors (Lipinski definition) is 3. The van der Waals surface area contributed by atoms with Crippen LogP contribution in [-0.4, -0.2) is 15.7 Å². The van der Waals surface area contributed by atoms with Gasteiger partial charge in [0.2, 0.25) is 0 Å². The van der Waals surface area contributed by atoms with Crippen LogP contribution in [0.1, 0.15) is 38.3 Å². The number of nitrogens with two attached hydrogens (primary N) is 1. The molecule has 0 atom stereocenters. The molecule has 0 aliphatic heterocycles. The van der Waals surface area contributed by atoms with Crippen molar-refractivity contribution in [1.29, 1.82) is 0 Å². The summed E-state index contributed by atoms with van der Waals surface area (Å²) in [6.45, 7) is 3.69. The third-order valence-corrected chi connectivity index (χ3v) is 4.76. The van der Waals surface area contributed by atoms with E-state index in [1.165, 1.54) is 17.8 Å². The lowest BCUT2D eigenvalue weighted by Crippen LogP contribution is -2.18. The molecule has 0 aliphatic carbocycles. The highest BCUT2D eigenvalue weighted by molar-refractivity contribution is 6.04. The van der Waals surface area contributed by atoms with E-state index in [0.29, 0.717) is 17.9 Å². The molecule has 2 aromatic carbocycles. The number of hydrogen-bond donors (Lipinski definition) is 2. The van der Waals surface area contributed by atoms with Gasteiger partial charge in [0, 0.05) is 17.6 Å². The van der Waals surface area contributed by atoms with Gasteiger partial charge in [-0.15, -0.1) is 0 Å². The summed E-state index contributed by atoms with van der Waals surface area (Å²) in [5.74, 6) is -0.796. The van der Waals surface area contributed by atoms with Crippen molar-refractivity contribution in [3.8, 4) is 0 Å². The summed E-state index contributed by atoms with van der Waals surface area (Å²) < 4.78 is 79.6. The number of nitrogens with one attached hydrogen (secondary N) is 1. The van der Waals surface area contributed by atoms with Crippen LogP contribution in [0.15, 0.2) is 42.6 Å². The van der Waals surface area contributed by atoms with Crippen LogP contribution >= 0.6 is 0 Å². The molecule has 11 heteroatoms. The highest BCUT2D eigenvalue weighted by Gasteiger charge is 2.43. The van der Waals surface area contributed by atoms with E-state index in [2.05, 4.69) is 10.4 Å². The van der Waals surface area contributed by atoms with Crippen molar-refractivity contribution in [3.63, 3.8) is 0 Å². The monoisotopic (exact) mass is 456 g/mol. The van der Waals surface area contributed by atoms with Gasteiger partial charge >= 0.3 is 12.4 Å². The number of alkyl halides is 6. The summed E-state index contributed by atoms with van der Waals surface area (Å²) in [6.07, 6.45) is -9.03. The summed E-state index contributed by atoms with van der Waals surface area (Å²) in [5, 5.41) is 6.43. The Morgan fingerprint density at radius 1 is 1.00 bits per heavy atom. The van der Waals surface area contributed by atoms with Crippen molar-refractivity contribution in [2.24, 2.45) is 0 Å². The number of aromatic nitrogens is 2. The van der Waals surface area contributed by atoms with Crippen molar-refractivity contribution in [2.45, 2.75) is 32.7 Å². The molecule has 0 saturated carbocycles. The van der Waals surface area contributed by atoms with E-state index in [1.54, 1.807) is 12.1 Å². The van der Waals surface area contributed by atoms with Crippen LogP contribution in [0.25, 0.3) is 0 Å². The van der Waals surface area contributed by atoms with Crippen LogP contribution in [0.2, 0.25) is 0 Å². The molecular weight excluding hydrogens is 438 g/mol. The second-order valence-electron chi connectivity index (χ2n) is 7.23. The molecule has 1 aromatic heterocycles. The molecule has 5 nitrogen and oxygen atoms in total. The van der Waals surface area contributed by atoms with Gasteiger partial charge < -0.3 is 11.1 Å². The molecule has 32 heavy (non-hydrogen) atoms. The Labute approximate surface area is 178 Å². The molecular formula is C21H18F6N4O. The van der Waals surface area contributed by atoms with Gasteiger partial charge in [0.25, 0.3) is 5.91 Å². The lowest BCUT2D eigenvalue weighted by Gasteiger charge is -2.16. The molecule has 0 spiro atoms. The van der Waals surface area contributed by atoms with E-state index < -0.39 is 35.1 Å². The molecule has 3 rings (SSSR count). The van der Waals surface area contributed by atoms with Crippen LogP contribution in [0.3, 0.4) is 0 Å². The standard InChI is InChI=1S/C21H18F6N4O/c1-11-7-13(3-6-18(11)28)9-31-10-15(12(2)30-31)19(32)29-14-4-5-16(20(22,23)24)17(8-14)21(25,26)27/h3-8,10H,9,28H2,1-2H3,(H,29,32). The molecule has 0 radical (unpaired) electrons. The van der Waals surface area contributed by atoms with Gasteiger partial charge in [0.05, 0.1) is 28.9 Å². The summed E-state index contributed by atoms with van der Waals surface area (Å²) in [7, 11) is 0. The van der Waals surface area contributed by atoms with Crippen molar-refractivity contribution >= 4 is 17.3 Å². The average Bonchev–Trinajstić information content (AvgIpc) is 3.03. The Bertz CT molecular complexity index is 1160. The minimum absolute atomic E-state index is 0.0747. The fraction of sp³-hybridized carbons (Fsp3) is 0.238. The van der Waals surface area contributed by atoms with Crippen LogP contribution in [0.5, 0.6) is 0 Å². The number of nitrogen functional groups attached to an aromatic ring is 1. The lowest BCUT2D eigenvalue weighted by atomic mass is 10.1. The Balaban J connectivity index is 1.84. The fourth-order valence-electron chi connectivity index (χ4n) is 3.15. The van der Waals surface area contributed by atoms with Gasteiger partial charge in [0.15, 0.2) is 0 Å². The van der Waals surface area contributed by atoms with Gasteiger partial charge in [-0.25, -0.2) is 0 Å². The summed E-state index contributed by atoms with van der Waals surface area (Å²) in [4.78, 5) is 12.6. The van der Waals surface area contributed by atoms with E-state index in [9.17, 15) is 31.1 Å². The number of halogens is 6. The fourth-order valence-corrected chi connectivity index (χ4v) is 3.15. The van der Waals surface area contributed by atoms with Crippen molar-refractivity contribution in [2.75, 3.05) is 11.1 Å². The highest BCUT2D eigenvalue weighted by atomic mass is 19.4. The van der Waals surface area contributed by atoms with Crippen LogP contribution < -0.4 is 11.1 Å². The molecule has 0 aliphatic rings. The minimum atomic E-state index is -5.25. The molecule has 1 heterocycles. The maximum Gasteiger partial charge on any atom is 0.417 e. The van der Waals surface area contributed by atoms with E-state index in [4.69, 9.17) is 5.73 Å². The normalized spacial score (nSPS) is 12.1. The minimum Gasteiger partial charge on any atom is -0.399 e. The first-order valence-electron chi connectivity index (χ1n) is 9.24. The second-order valence-corrected chi connectivity index (χ2v) is 7.23. The SMILES string of the molecule is Cc1cc(Cn2cc(C(=O)Nc3ccc(C(F)(F)F)c(C(F)(F)F)c3)c(C)n2)ccc1N. The molecule has 0 unspecified atom stereocenters. The largest absolute Gasteiger partial charge is 0.417 e. The number of carbonyl (C=O) groups excluding carboxylic acids is 1. The number of amides is 1. The maximum atomic E-state index is 13.1. The van der Waals surface area contributed by atoms with Gasteiger partial charge in [-0.1, -0.05) is 12.1 Å². The number of benzene rings is 2. The first-order valence-corrected chi connectivity index (χ1v) is 9.24. The van der Waals surface area contributed by atoms with Gasteiger partial charge in [-0.2, -0.15) is 31.4 Å². The maximum absolute atomic E-state index is 13.1. The Morgan fingerprint density at radius 2 is 1.66 bits per heavy atom. The van der Waals surface area contributed by atoms with Crippen molar-refractivity contribution < 1.29 is 31.1 Å². The molecule has 3 N–H and O–H groups in total. The van der Waals surface area contributed by atoms with Gasteiger partial charge in [-0.05, 0) is 49.2 Å². The number of nitrogens with zero attached hydrogens (tertiary/aromatic N) is 2. The highest BCUT2D eigenvalue weighted by Crippen LogP contribution is 2.41. The zero-order chi connectivity index (χ0) is 23.8. The van der Waals surface area contributed by atoms with Crippen LogP contribution in [0, 0.1) is 13.8 Å². The summed E-state index contributed by atoms with van der Waals surface area (Å²) in [5.41, 5.74) is 4.39. The zero-order valence-electron chi connectivity index (χ0n) is 16.9. The van der Waals surface area contributed by atoms with Crippen LogP contribution in [0.4, 0.5) is 37.7 Å². The lowest BCUT2D eigenvalue weighted by molar-refractivity contribution is -0.162. The van der Waals surface area contributed by atoms with Crippen LogP contribution in [-0.2, 0) is 18.9 Å². The number of carbonyl (C=O) groups is 1. The van der Waals surface area contributed by atoms with Crippen molar-refractivity contribution in [1.82, 2.24) is 9.78 Å². The first-order chi connectivity index (χ1) is 14.8. The second kappa shape index (κ2) is 8.21. The van der Waals surface area contributed by atoms with E-state index in [-0.39, 0.29) is 17.7 Å². The van der Waals surface area contributed by atoms with E-state index in [1.807, 2.05) is 13.0 Å². The molecule has 0 saturated heterocycles. The van der Waals surface area contributed by atoms with Gasteiger partial charge in [0.1, 0.15) is 0 Å². The number of anilines is 2. The summed E-state index contributed by atoms with van der Waals surface area (Å²) >= 11 is 0. The smallest absolute Gasteiger partial charge is 0.399 e.